The smallest absolute Gasteiger partial charge is 0.263 e. The van der Waals surface area contributed by atoms with Crippen LogP contribution in [0.1, 0.15) is 74.5 Å². The number of carbonyl (C=O) groups is 1. The summed E-state index contributed by atoms with van der Waals surface area (Å²) in [5, 5.41) is 2.93. The highest BCUT2D eigenvalue weighted by atomic mass is 16.2. The third-order valence-corrected chi connectivity index (χ3v) is 7.91. The van der Waals surface area contributed by atoms with E-state index in [4.69, 9.17) is 0 Å². The van der Waals surface area contributed by atoms with Crippen molar-refractivity contribution in [1.29, 1.82) is 0 Å². The molecule has 1 saturated heterocycles. The van der Waals surface area contributed by atoms with Gasteiger partial charge >= 0.3 is 0 Å². The molecule has 5 fully saturated rings. The lowest BCUT2D eigenvalue weighted by atomic mass is 9.49. The van der Waals surface area contributed by atoms with Gasteiger partial charge in [0.25, 0.3) is 11.5 Å². The molecular weight excluding hydrogens is 352 g/mol. The Hall–Kier alpha value is -1.69. The zero-order valence-corrected chi connectivity index (χ0v) is 16.9. The van der Waals surface area contributed by atoms with E-state index in [1.165, 1.54) is 38.3 Å². The summed E-state index contributed by atoms with van der Waals surface area (Å²) in [5.41, 5.74) is -0.0955. The molecule has 0 spiro atoms. The van der Waals surface area contributed by atoms with Crippen molar-refractivity contribution >= 4 is 5.91 Å². The number of amides is 1. The molecule has 28 heavy (non-hydrogen) atoms. The highest BCUT2D eigenvalue weighted by molar-refractivity contribution is 5.93. The fourth-order valence-electron chi connectivity index (χ4n) is 6.87. The fraction of sp³-hybridized carbons (Fsp3) is 0.773. The second-order valence-electron chi connectivity index (χ2n) is 9.97. The number of carbonyl (C=O) groups excluding carboxylic acids is 1. The molecule has 4 saturated carbocycles. The van der Waals surface area contributed by atoms with E-state index in [0.29, 0.717) is 12.6 Å². The maximum atomic E-state index is 12.7. The maximum Gasteiger partial charge on any atom is 0.263 e. The Labute approximate surface area is 166 Å². The highest BCUT2D eigenvalue weighted by Gasteiger charge is 2.52. The predicted molar refractivity (Wildman–Crippen MR) is 107 cm³/mol. The van der Waals surface area contributed by atoms with Crippen LogP contribution >= 0.6 is 0 Å². The minimum absolute atomic E-state index is 0.0488. The van der Waals surface area contributed by atoms with E-state index in [1.807, 2.05) is 0 Å². The molecule has 1 aromatic heterocycles. The first-order valence-corrected chi connectivity index (χ1v) is 11.1. The lowest BCUT2D eigenvalue weighted by Crippen LogP contribution is -2.50. The number of nitrogens with one attached hydrogen (secondary N) is 2. The summed E-state index contributed by atoms with van der Waals surface area (Å²) < 4.78 is 0. The van der Waals surface area contributed by atoms with Crippen LogP contribution in [0.2, 0.25) is 0 Å². The Morgan fingerprint density at radius 3 is 2.39 bits per heavy atom. The summed E-state index contributed by atoms with van der Waals surface area (Å²) >= 11 is 0. The van der Waals surface area contributed by atoms with Crippen LogP contribution in [-0.4, -0.2) is 46.5 Å². The summed E-state index contributed by atoms with van der Waals surface area (Å²) in [6.45, 7) is 4.89. The molecule has 152 valence electrons. The van der Waals surface area contributed by atoms with Gasteiger partial charge in [-0.15, -0.1) is 0 Å². The molecule has 5 aliphatic rings. The van der Waals surface area contributed by atoms with E-state index in [-0.39, 0.29) is 22.4 Å². The number of rotatable bonds is 5. The second kappa shape index (κ2) is 6.97. The molecule has 0 unspecified atom stereocenters. The number of aromatic amines is 1. The molecule has 0 aromatic carbocycles. The van der Waals surface area contributed by atoms with Gasteiger partial charge < -0.3 is 10.3 Å². The zero-order valence-electron chi connectivity index (χ0n) is 16.9. The molecule has 6 rings (SSSR count). The minimum Gasteiger partial charge on any atom is -0.350 e. The molecule has 6 nitrogen and oxygen atoms in total. The van der Waals surface area contributed by atoms with E-state index < -0.39 is 0 Å². The normalized spacial score (nSPS) is 35.2. The van der Waals surface area contributed by atoms with Gasteiger partial charge in [0.2, 0.25) is 0 Å². The highest BCUT2D eigenvalue weighted by Crippen LogP contribution is 2.59. The van der Waals surface area contributed by atoms with Crippen molar-refractivity contribution in [3.63, 3.8) is 0 Å². The van der Waals surface area contributed by atoms with Gasteiger partial charge in [0, 0.05) is 24.2 Å². The standard InChI is InChI=1S/C22H32N4O2/c1-14(26-4-2-3-5-26)12-23-19(27)18-13-24-21(25-20(18)28)22-9-15-6-16(10-22)8-17(7-15)11-22/h13-17H,2-12H2,1H3,(H,23,27)(H,24,25,28)/t14-,15?,16?,17?,22?/m0/s1. The third kappa shape index (κ3) is 3.19. The summed E-state index contributed by atoms with van der Waals surface area (Å²) in [7, 11) is 0. The van der Waals surface area contributed by atoms with Crippen molar-refractivity contribution in [3.05, 3.63) is 27.9 Å². The number of H-pyrrole nitrogens is 1. The number of likely N-dealkylation sites (tertiary alicyclic amines) is 1. The first-order chi connectivity index (χ1) is 13.5. The van der Waals surface area contributed by atoms with Crippen LogP contribution in [0.15, 0.2) is 11.0 Å². The molecule has 6 heteroatoms. The van der Waals surface area contributed by atoms with E-state index in [0.717, 1.165) is 55.9 Å². The van der Waals surface area contributed by atoms with Gasteiger partial charge in [0.05, 0.1) is 0 Å². The maximum absolute atomic E-state index is 12.7. The molecule has 0 radical (unpaired) electrons. The summed E-state index contributed by atoms with van der Waals surface area (Å²) in [5.74, 6) is 2.92. The Morgan fingerprint density at radius 2 is 1.82 bits per heavy atom. The van der Waals surface area contributed by atoms with Crippen molar-refractivity contribution in [3.8, 4) is 0 Å². The van der Waals surface area contributed by atoms with Crippen LogP contribution in [0.3, 0.4) is 0 Å². The van der Waals surface area contributed by atoms with Crippen LogP contribution in [0.5, 0.6) is 0 Å². The lowest BCUT2D eigenvalue weighted by molar-refractivity contribution is -0.00953. The Kier molecular flexibility index (Phi) is 4.57. The fourth-order valence-corrected chi connectivity index (χ4v) is 6.87. The van der Waals surface area contributed by atoms with Gasteiger partial charge in [0.1, 0.15) is 11.4 Å². The SMILES string of the molecule is C[C@@H](CNC(=O)c1cnc(C23CC4CC(CC(C4)C2)C3)[nH]c1=O)N1CCCC1. The van der Waals surface area contributed by atoms with Crippen LogP contribution in [0.25, 0.3) is 0 Å². The van der Waals surface area contributed by atoms with Gasteiger partial charge in [-0.05, 0) is 89.1 Å². The number of hydrogen-bond donors (Lipinski definition) is 2. The van der Waals surface area contributed by atoms with Crippen LogP contribution in [-0.2, 0) is 5.41 Å². The zero-order chi connectivity index (χ0) is 19.3. The van der Waals surface area contributed by atoms with Crippen molar-refractivity contribution in [1.82, 2.24) is 20.2 Å². The molecule has 2 heterocycles. The third-order valence-electron chi connectivity index (χ3n) is 7.91. The Bertz CT molecular complexity index is 776. The molecule has 2 N–H and O–H groups in total. The molecule has 4 bridgehead atoms. The lowest BCUT2D eigenvalue weighted by Gasteiger charge is -2.56. The van der Waals surface area contributed by atoms with Crippen molar-refractivity contribution in [2.24, 2.45) is 17.8 Å². The summed E-state index contributed by atoms with van der Waals surface area (Å²) in [4.78, 5) is 35.3. The van der Waals surface area contributed by atoms with Gasteiger partial charge in [-0.1, -0.05) is 0 Å². The van der Waals surface area contributed by atoms with Gasteiger partial charge in [-0.3, -0.25) is 14.5 Å². The first-order valence-electron chi connectivity index (χ1n) is 11.1. The van der Waals surface area contributed by atoms with Gasteiger partial charge in [0.15, 0.2) is 0 Å². The average Bonchev–Trinajstić information content (AvgIpc) is 3.19. The molecule has 1 aromatic rings. The van der Waals surface area contributed by atoms with Crippen LogP contribution in [0, 0.1) is 17.8 Å². The van der Waals surface area contributed by atoms with Gasteiger partial charge in [-0.2, -0.15) is 0 Å². The Morgan fingerprint density at radius 1 is 1.21 bits per heavy atom. The molecular formula is C22H32N4O2. The summed E-state index contributed by atoms with van der Waals surface area (Å²) in [6.07, 6.45) is 11.5. The first kappa shape index (κ1) is 18.3. The van der Waals surface area contributed by atoms with E-state index in [9.17, 15) is 9.59 Å². The second-order valence-corrected chi connectivity index (χ2v) is 9.97. The molecule has 4 aliphatic carbocycles. The van der Waals surface area contributed by atoms with Crippen LogP contribution in [0.4, 0.5) is 0 Å². The molecule has 1 aliphatic heterocycles. The number of hydrogen-bond acceptors (Lipinski definition) is 4. The van der Waals surface area contributed by atoms with Crippen molar-refractivity contribution in [2.45, 2.75) is 69.7 Å². The monoisotopic (exact) mass is 384 g/mol. The Balaban J connectivity index is 1.29. The largest absolute Gasteiger partial charge is 0.350 e. The minimum atomic E-state index is -0.308. The quantitative estimate of drug-likeness (QED) is 0.817. The molecule has 1 atom stereocenters. The topological polar surface area (TPSA) is 78.1 Å². The van der Waals surface area contributed by atoms with Crippen molar-refractivity contribution < 1.29 is 4.79 Å². The van der Waals surface area contributed by atoms with E-state index in [2.05, 4.69) is 27.1 Å². The van der Waals surface area contributed by atoms with Crippen LogP contribution < -0.4 is 10.9 Å². The predicted octanol–water partition coefficient (Wildman–Crippen LogP) is 2.45. The van der Waals surface area contributed by atoms with E-state index >= 15 is 0 Å². The summed E-state index contributed by atoms with van der Waals surface area (Å²) in [6, 6.07) is 0.296. The number of nitrogens with zero attached hydrogens (tertiary/aromatic N) is 2. The average molecular weight is 385 g/mol. The molecule has 1 amide bonds. The van der Waals surface area contributed by atoms with Crippen molar-refractivity contribution in [2.75, 3.05) is 19.6 Å². The van der Waals surface area contributed by atoms with Gasteiger partial charge in [-0.25, -0.2) is 4.98 Å². The van der Waals surface area contributed by atoms with E-state index in [1.54, 1.807) is 0 Å². The number of aromatic nitrogens is 2.